The van der Waals surface area contributed by atoms with Crippen LogP contribution in [0.2, 0.25) is 0 Å². The molecule has 0 fully saturated rings. The lowest BCUT2D eigenvalue weighted by atomic mass is 10.2. The number of benzene rings is 1. The van der Waals surface area contributed by atoms with Gasteiger partial charge in [0.25, 0.3) is 0 Å². The van der Waals surface area contributed by atoms with Crippen molar-refractivity contribution in [2.24, 2.45) is 5.73 Å². The molecule has 0 unspecified atom stereocenters. The van der Waals surface area contributed by atoms with E-state index >= 15 is 0 Å². The maximum absolute atomic E-state index is 13.5. The van der Waals surface area contributed by atoms with Crippen LogP contribution in [0.1, 0.15) is 5.56 Å². The van der Waals surface area contributed by atoms with Gasteiger partial charge in [0.15, 0.2) is 11.6 Å². The van der Waals surface area contributed by atoms with Crippen LogP contribution >= 0.6 is 12.2 Å². The van der Waals surface area contributed by atoms with Crippen molar-refractivity contribution in [1.29, 1.82) is 0 Å². The summed E-state index contributed by atoms with van der Waals surface area (Å²) in [6.07, 6.45) is 0. The fourth-order valence-electron chi connectivity index (χ4n) is 1.23. The van der Waals surface area contributed by atoms with Gasteiger partial charge in [-0.05, 0) is 18.2 Å². The van der Waals surface area contributed by atoms with E-state index in [4.69, 9.17) is 32.2 Å². The lowest BCUT2D eigenvalue weighted by Gasteiger charge is -2.08. The molecule has 18 heavy (non-hydrogen) atoms. The van der Waals surface area contributed by atoms with Gasteiger partial charge in [0.05, 0.1) is 19.8 Å². The molecule has 0 saturated carbocycles. The molecule has 0 heterocycles. The zero-order valence-corrected chi connectivity index (χ0v) is 11.0. The molecule has 6 heteroatoms. The molecule has 0 aliphatic carbocycles. The third-order valence-electron chi connectivity index (χ3n) is 2.13. The van der Waals surface area contributed by atoms with Gasteiger partial charge in [-0.3, -0.25) is 0 Å². The molecular formula is C12H16FNO3S. The number of ether oxygens (including phenoxy) is 3. The molecule has 0 amide bonds. The van der Waals surface area contributed by atoms with Crippen molar-refractivity contribution < 1.29 is 18.6 Å². The summed E-state index contributed by atoms with van der Waals surface area (Å²) in [6, 6.07) is 4.37. The fraction of sp³-hybridized carbons (Fsp3) is 0.417. The van der Waals surface area contributed by atoms with Gasteiger partial charge in [0.2, 0.25) is 0 Å². The minimum absolute atomic E-state index is 0.156. The van der Waals surface area contributed by atoms with E-state index in [9.17, 15) is 4.39 Å². The number of rotatable bonds is 8. The Balaban J connectivity index is 2.36. The average molecular weight is 273 g/mol. The number of nitrogens with two attached hydrogens (primary N) is 1. The third-order valence-corrected chi connectivity index (χ3v) is 2.37. The minimum Gasteiger partial charge on any atom is -0.488 e. The second kappa shape index (κ2) is 7.97. The first-order chi connectivity index (χ1) is 8.65. The Morgan fingerprint density at radius 3 is 2.61 bits per heavy atom. The molecule has 100 valence electrons. The van der Waals surface area contributed by atoms with Crippen LogP contribution in [-0.2, 0) is 9.47 Å². The highest BCUT2D eigenvalue weighted by atomic mass is 32.1. The smallest absolute Gasteiger partial charge is 0.165 e. The lowest BCUT2D eigenvalue weighted by Crippen LogP contribution is -2.12. The fourth-order valence-corrected chi connectivity index (χ4v) is 1.35. The van der Waals surface area contributed by atoms with Crippen molar-refractivity contribution in [2.45, 2.75) is 0 Å². The predicted molar refractivity (Wildman–Crippen MR) is 70.5 cm³/mol. The molecule has 1 rings (SSSR count). The molecule has 1 aromatic carbocycles. The number of methoxy groups -OCH3 is 1. The predicted octanol–water partition coefficient (Wildman–Crippen LogP) is 1.50. The van der Waals surface area contributed by atoms with E-state index in [-0.39, 0.29) is 17.3 Å². The molecule has 0 aliphatic heterocycles. The van der Waals surface area contributed by atoms with Crippen LogP contribution in [0.25, 0.3) is 0 Å². The molecule has 1 aromatic rings. The zero-order valence-electron chi connectivity index (χ0n) is 10.1. The largest absolute Gasteiger partial charge is 0.488 e. The first-order valence-electron chi connectivity index (χ1n) is 5.44. The molecule has 4 nitrogen and oxygen atoms in total. The summed E-state index contributed by atoms with van der Waals surface area (Å²) < 4.78 is 28.8. The number of hydrogen-bond acceptors (Lipinski definition) is 4. The normalized spacial score (nSPS) is 10.3. The van der Waals surface area contributed by atoms with Crippen LogP contribution < -0.4 is 10.5 Å². The first-order valence-corrected chi connectivity index (χ1v) is 5.85. The van der Waals surface area contributed by atoms with E-state index in [1.54, 1.807) is 13.2 Å². The minimum atomic E-state index is -0.489. The van der Waals surface area contributed by atoms with Gasteiger partial charge in [-0.15, -0.1) is 0 Å². The molecule has 0 atom stereocenters. The van der Waals surface area contributed by atoms with Crippen LogP contribution in [0.5, 0.6) is 5.75 Å². The summed E-state index contributed by atoms with van der Waals surface area (Å²) >= 11 is 4.75. The molecule has 0 spiro atoms. The topological polar surface area (TPSA) is 53.7 Å². The van der Waals surface area contributed by atoms with Crippen LogP contribution in [0.15, 0.2) is 18.2 Å². The van der Waals surface area contributed by atoms with Gasteiger partial charge < -0.3 is 19.9 Å². The van der Waals surface area contributed by atoms with E-state index < -0.39 is 5.82 Å². The zero-order chi connectivity index (χ0) is 13.4. The average Bonchev–Trinajstić information content (AvgIpc) is 2.35. The molecular weight excluding hydrogens is 257 g/mol. The summed E-state index contributed by atoms with van der Waals surface area (Å²) in [5.74, 6) is -0.331. The van der Waals surface area contributed by atoms with Crippen LogP contribution in [-0.4, -0.2) is 38.5 Å². The third kappa shape index (κ3) is 4.95. The second-order valence-corrected chi connectivity index (χ2v) is 3.90. The van der Waals surface area contributed by atoms with E-state index in [1.165, 1.54) is 12.1 Å². The van der Waals surface area contributed by atoms with E-state index in [1.807, 2.05) is 0 Å². The summed E-state index contributed by atoms with van der Waals surface area (Å²) in [5, 5.41) is 0. The Bertz CT molecular complexity index is 401. The Hall–Kier alpha value is -1.24. The van der Waals surface area contributed by atoms with Crippen molar-refractivity contribution in [3.05, 3.63) is 29.6 Å². The van der Waals surface area contributed by atoms with Crippen molar-refractivity contribution >= 4 is 17.2 Å². The van der Waals surface area contributed by atoms with Crippen molar-refractivity contribution in [3.8, 4) is 5.75 Å². The van der Waals surface area contributed by atoms with E-state index in [0.29, 0.717) is 25.4 Å². The number of hydrogen-bond donors (Lipinski definition) is 1. The number of halogens is 1. The van der Waals surface area contributed by atoms with Gasteiger partial charge in [-0.25, -0.2) is 4.39 Å². The highest BCUT2D eigenvalue weighted by Crippen LogP contribution is 2.18. The molecule has 0 saturated heterocycles. The SMILES string of the molecule is COCCOCCOc1ccc(C(N)=S)cc1F. The highest BCUT2D eigenvalue weighted by Gasteiger charge is 2.06. The van der Waals surface area contributed by atoms with E-state index in [2.05, 4.69) is 0 Å². The molecule has 0 bridgehead atoms. The summed E-state index contributed by atoms with van der Waals surface area (Å²) in [6.45, 7) is 1.66. The Morgan fingerprint density at radius 1 is 1.28 bits per heavy atom. The number of thiocarbonyl (C=S) groups is 1. The molecule has 2 N–H and O–H groups in total. The van der Waals surface area contributed by atoms with Crippen molar-refractivity contribution in [1.82, 2.24) is 0 Å². The standard InChI is InChI=1S/C12H16FNO3S/c1-15-4-5-16-6-7-17-11-3-2-9(12(14)18)8-10(11)13/h2-3,8H,4-7H2,1H3,(H2,14,18). The van der Waals surface area contributed by atoms with Crippen LogP contribution in [0, 0.1) is 5.82 Å². The van der Waals surface area contributed by atoms with Crippen LogP contribution in [0.4, 0.5) is 4.39 Å². The van der Waals surface area contributed by atoms with Gasteiger partial charge in [-0.2, -0.15) is 0 Å². The summed E-state index contributed by atoms with van der Waals surface area (Å²) in [7, 11) is 1.60. The first kappa shape index (κ1) is 14.8. The summed E-state index contributed by atoms with van der Waals surface area (Å²) in [4.78, 5) is 0.156. The second-order valence-electron chi connectivity index (χ2n) is 3.46. The monoisotopic (exact) mass is 273 g/mol. The Labute approximate surface area is 111 Å². The molecule has 0 aliphatic rings. The van der Waals surface area contributed by atoms with Crippen LogP contribution in [0.3, 0.4) is 0 Å². The Morgan fingerprint density at radius 2 is 2.00 bits per heavy atom. The lowest BCUT2D eigenvalue weighted by molar-refractivity contribution is 0.0538. The van der Waals surface area contributed by atoms with Gasteiger partial charge >= 0.3 is 0 Å². The maximum atomic E-state index is 13.5. The summed E-state index contributed by atoms with van der Waals surface area (Å²) in [5.41, 5.74) is 5.87. The molecule has 0 radical (unpaired) electrons. The Kier molecular flexibility index (Phi) is 6.56. The maximum Gasteiger partial charge on any atom is 0.165 e. The van der Waals surface area contributed by atoms with Crippen molar-refractivity contribution in [3.63, 3.8) is 0 Å². The van der Waals surface area contributed by atoms with Gasteiger partial charge in [-0.1, -0.05) is 12.2 Å². The van der Waals surface area contributed by atoms with Crippen molar-refractivity contribution in [2.75, 3.05) is 33.5 Å². The molecule has 0 aromatic heterocycles. The van der Waals surface area contributed by atoms with Gasteiger partial charge in [0.1, 0.15) is 11.6 Å². The quantitative estimate of drug-likeness (QED) is 0.574. The highest BCUT2D eigenvalue weighted by molar-refractivity contribution is 7.80. The van der Waals surface area contributed by atoms with Gasteiger partial charge in [0, 0.05) is 12.7 Å². The van der Waals surface area contributed by atoms with E-state index in [0.717, 1.165) is 0 Å².